The van der Waals surface area contributed by atoms with E-state index in [4.69, 9.17) is 14.1 Å². The molecule has 0 saturated heterocycles. The molecule has 6 heteroatoms. The van der Waals surface area contributed by atoms with Gasteiger partial charge < -0.3 is 19.0 Å². The molecular formula is C23H23N3O3. The van der Waals surface area contributed by atoms with Crippen molar-refractivity contribution in [2.75, 3.05) is 6.61 Å². The highest BCUT2D eigenvalue weighted by atomic mass is 16.5. The minimum Gasteiger partial charge on any atom is -0.492 e. The van der Waals surface area contributed by atoms with E-state index in [1.54, 1.807) is 12.1 Å². The van der Waals surface area contributed by atoms with Gasteiger partial charge in [-0.15, -0.1) is 0 Å². The molecule has 4 aromatic rings. The zero-order valence-electron chi connectivity index (χ0n) is 16.5. The molecule has 0 saturated carbocycles. The van der Waals surface area contributed by atoms with Gasteiger partial charge in [-0.1, -0.05) is 24.3 Å². The number of ether oxygens (including phenoxy) is 1. The number of hydrogen-bond donors (Lipinski definition) is 1. The lowest BCUT2D eigenvalue weighted by Gasteiger charge is -2.16. The van der Waals surface area contributed by atoms with E-state index >= 15 is 0 Å². The minimum atomic E-state index is -0.293. The number of fused-ring (bicyclic) bond motifs is 1. The number of nitrogens with one attached hydrogen (secondary N) is 1. The van der Waals surface area contributed by atoms with Crippen molar-refractivity contribution in [1.82, 2.24) is 14.9 Å². The van der Waals surface area contributed by atoms with Gasteiger partial charge in [0.05, 0.1) is 29.9 Å². The molecule has 0 aliphatic rings. The van der Waals surface area contributed by atoms with Gasteiger partial charge in [-0.05, 0) is 55.8 Å². The van der Waals surface area contributed by atoms with Crippen molar-refractivity contribution >= 4 is 16.9 Å². The van der Waals surface area contributed by atoms with Crippen molar-refractivity contribution < 1.29 is 13.9 Å². The number of amides is 1. The number of rotatable bonds is 7. The monoisotopic (exact) mass is 389 g/mol. The van der Waals surface area contributed by atoms with E-state index < -0.39 is 0 Å². The van der Waals surface area contributed by atoms with Crippen LogP contribution in [0.5, 0.6) is 5.75 Å². The molecule has 0 unspecified atom stereocenters. The number of benzene rings is 2. The number of imidazole rings is 1. The Morgan fingerprint density at radius 1 is 1.17 bits per heavy atom. The zero-order valence-corrected chi connectivity index (χ0v) is 16.5. The lowest BCUT2D eigenvalue weighted by atomic mass is 10.2. The first-order chi connectivity index (χ1) is 14.1. The first-order valence-electron chi connectivity index (χ1n) is 9.61. The van der Waals surface area contributed by atoms with Crippen LogP contribution in [-0.2, 0) is 6.54 Å². The summed E-state index contributed by atoms with van der Waals surface area (Å²) in [6.07, 6.45) is 1.48. The Bertz CT molecular complexity index is 1120. The Kier molecular flexibility index (Phi) is 5.33. The molecule has 0 aliphatic heterocycles. The second-order valence-corrected chi connectivity index (χ2v) is 6.95. The second-order valence-electron chi connectivity index (χ2n) is 6.95. The van der Waals surface area contributed by atoms with Gasteiger partial charge in [0.15, 0.2) is 5.76 Å². The highest BCUT2D eigenvalue weighted by molar-refractivity contribution is 5.91. The van der Waals surface area contributed by atoms with Crippen molar-refractivity contribution in [3.05, 3.63) is 84.1 Å². The van der Waals surface area contributed by atoms with E-state index in [1.165, 1.54) is 6.26 Å². The summed E-state index contributed by atoms with van der Waals surface area (Å²) in [6, 6.07) is 19.0. The minimum absolute atomic E-state index is 0.267. The second kappa shape index (κ2) is 8.22. The molecule has 1 N–H and O–H groups in total. The highest BCUT2D eigenvalue weighted by Crippen LogP contribution is 2.22. The van der Waals surface area contributed by atoms with E-state index in [0.717, 1.165) is 28.2 Å². The van der Waals surface area contributed by atoms with Crippen LogP contribution in [0.15, 0.2) is 71.3 Å². The van der Waals surface area contributed by atoms with Gasteiger partial charge in [-0.25, -0.2) is 4.98 Å². The van der Waals surface area contributed by atoms with Gasteiger partial charge >= 0.3 is 0 Å². The molecule has 1 amide bonds. The van der Waals surface area contributed by atoms with Gasteiger partial charge in [0.2, 0.25) is 0 Å². The quantitative estimate of drug-likeness (QED) is 0.505. The summed E-state index contributed by atoms with van der Waals surface area (Å²) in [5.41, 5.74) is 3.05. The fourth-order valence-electron chi connectivity index (χ4n) is 3.36. The third-order valence-electron chi connectivity index (χ3n) is 4.74. The largest absolute Gasteiger partial charge is 0.492 e. The maximum absolute atomic E-state index is 12.4. The van der Waals surface area contributed by atoms with Crippen LogP contribution >= 0.6 is 0 Å². The molecule has 2 aromatic heterocycles. The molecule has 29 heavy (non-hydrogen) atoms. The highest BCUT2D eigenvalue weighted by Gasteiger charge is 2.20. The topological polar surface area (TPSA) is 69.3 Å². The molecule has 148 valence electrons. The van der Waals surface area contributed by atoms with Crippen LogP contribution in [0.1, 0.15) is 34.9 Å². The van der Waals surface area contributed by atoms with Gasteiger partial charge in [0.1, 0.15) is 18.2 Å². The van der Waals surface area contributed by atoms with Crippen LogP contribution < -0.4 is 10.1 Å². The van der Waals surface area contributed by atoms with E-state index in [1.807, 2.05) is 62.4 Å². The normalized spacial score (nSPS) is 12.1. The Labute approximate surface area is 169 Å². The summed E-state index contributed by atoms with van der Waals surface area (Å²) in [5, 5.41) is 2.96. The summed E-state index contributed by atoms with van der Waals surface area (Å²) in [4.78, 5) is 17.1. The van der Waals surface area contributed by atoms with Crippen LogP contribution in [0.3, 0.4) is 0 Å². The molecule has 2 aromatic carbocycles. The number of carbonyl (C=O) groups is 1. The average molecular weight is 389 g/mol. The van der Waals surface area contributed by atoms with Gasteiger partial charge in [0, 0.05) is 0 Å². The van der Waals surface area contributed by atoms with Crippen LogP contribution in [-0.4, -0.2) is 22.1 Å². The molecule has 6 nitrogen and oxygen atoms in total. The van der Waals surface area contributed by atoms with Crippen molar-refractivity contribution in [2.24, 2.45) is 0 Å². The number of hydrogen-bond acceptors (Lipinski definition) is 4. The predicted molar refractivity (Wildman–Crippen MR) is 111 cm³/mol. The fourth-order valence-corrected chi connectivity index (χ4v) is 3.36. The Morgan fingerprint density at radius 2 is 2.03 bits per heavy atom. The SMILES string of the molecule is Cc1cccc(OCCn2c([C@H](C)NC(=O)c3ccco3)nc3ccccc32)c1. The summed E-state index contributed by atoms with van der Waals surface area (Å²) in [6.45, 7) is 5.07. The summed E-state index contributed by atoms with van der Waals surface area (Å²) in [7, 11) is 0. The molecule has 4 rings (SSSR count). The van der Waals surface area contributed by atoms with Crippen LogP contribution in [0, 0.1) is 6.92 Å². The van der Waals surface area contributed by atoms with Crippen LogP contribution in [0.4, 0.5) is 0 Å². The van der Waals surface area contributed by atoms with E-state index in [-0.39, 0.29) is 17.7 Å². The molecule has 2 heterocycles. The van der Waals surface area contributed by atoms with Crippen LogP contribution in [0.25, 0.3) is 11.0 Å². The number of carbonyl (C=O) groups excluding carboxylic acids is 1. The van der Waals surface area contributed by atoms with Crippen molar-refractivity contribution in [3.63, 3.8) is 0 Å². The Morgan fingerprint density at radius 3 is 2.83 bits per heavy atom. The summed E-state index contributed by atoms with van der Waals surface area (Å²) < 4.78 is 13.2. The lowest BCUT2D eigenvalue weighted by molar-refractivity contribution is 0.0909. The van der Waals surface area contributed by atoms with E-state index in [2.05, 4.69) is 9.88 Å². The third kappa shape index (κ3) is 4.16. The summed E-state index contributed by atoms with van der Waals surface area (Å²) >= 11 is 0. The van der Waals surface area contributed by atoms with Gasteiger partial charge in [-0.2, -0.15) is 0 Å². The molecule has 0 bridgehead atoms. The molecule has 0 spiro atoms. The molecular weight excluding hydrogens is 366 g/mol. The lowest BCUT2D eigenvalue weighted by Crippen LogP contribution is -2.28. The number of furan rings is 1. The fraction of sp³-hybridized carbons (Fsp3) is 0.217. The number of aromatic nitrogens is 2. The number of para-hydroxylation sites is 2. The van der Waals surface area contributed by atoms with Crippen LogP contribution in [0.2, 0.25) is 0 Å². The Hall–Kier alpha value is -3.54. The molecule has 0 aliphatic carbocycles. The van der Waals surface area contributed by atoms with Gasteiger partial charge in [-0.3, -0.25) is 4.79 Å². The van der Waals surface area contributed by atoms with Crippen molar-refractivity contribution in [1.29, 1.82) is 0 Å². The molecule has 1 atom stereocenters. The average Bonchev–Trinajstić information content (AvgIpc) is 3.37. The maximum atomic E-state index is 12.4. The van der Waals surface area contributed by atoms with Gasteiger partial charge in [0.25, 0.3) is 5.91 Å². The Balaban J connectivity index is 1.54. The first kappa shape index (κ1) is 18.8. The van der Waals surface area contributed by atoms with Crippen molar-refractivity contribution in [3.8, 4) is 5.75 Å². The zero-order chi connectivity index (χ0) is 20.2. The first-order valence-corrected chi connectivity index (χ1v) is 9.61. The standard InChI is InChI=1S/C23H23N3O3/c1-16-7-5-8-18(15-16)28-14-12-26-20-10-4-3-9-19(20)25-22(26)17(2)24-23(27)21-11-6-13-29-21/h3-11,13,15,17H,12,14H2,1-2H3,(H,24,27)/t17-/m0/s1. The number of aryl methyl sites for hydroxylation is 1. The smallest absolute Gasteiger partial charge is 0.287 e. The molecule has 0 fully saturated rings. The maximum Gasteiger partial charge on any atom is 0.287 e. The predicted octanol–water partition coefficient (Wildman–Crippen LogP) is 4.51. The molecule has 0 radical (unpaired) electrons. The summed E-state index contributed by atoms with van der Waals surface area (Å²) in [5.74, 6) is 1.63. The van der Waals surface area contributed by atoms with E-state index in [9.17, 15) is 4.79 Å². The van der Waals surface area contributed by atoms with E-state index in [0.29, 0.717) is 13.2 Å². The third-order valence-corrected chi connectivity index (χ3v) is 4.74. The van der Waals surface area contributed by atoms with Crippen molar-refractivity contribution in [2.45, 2.75) is 26.4 Å². The number of nitrogens with zero attached hydrogens (tertiary/aromatic N) is 2.